The van der Waals surface area contributed by atoms with E-state index in [2.05, 4.69) is 15.3 Å². The average molecular weight is 322 g/mol. The number of fused-ring (bicyclic) bond motifs is 1. The Hall–Kier alpha value is -1.77. The van der Waals surface area contributed by atoms with Crippen LogP contribution in [-0.4, -0.2) is 61.3 Å². The number of hydrogen-bond donors (Lipinski definition) is 1. The Morgan fingerprint density at radius 2 is 1.95 bits per heavy atom. The van der Waals surface area contributed by atoms with Gasteiger partial charge in [0.05, 0.1) is 24.5 Å². The van der Waals surface area contributed by atoms with Gasteiger partial charge in [-0.2, -0.15) is 4.31 Å². The smallest absolute Gasteiger partial charge is 0.215 e. The molecule has 118 valence electrons. The fourth-order valence-electron chi connectivity index (χ4n) is 2.40. The summed E-state index contributed by atoms with van der Waals surface area (Å²) in [6.45, 7) is 2.09. The quantitative estimate of drug-likeness (QED) is 0.872. The fraction of sp³-hybridized carbons (Fsp3) is 0.429. The largest absolute Gasteiger partial charge is 0.379 e. The Bertz CT molecular complexity index is 739. The molecule has 1 aliphatic rings. The van der Waals surface area contributed by atoms with Crippen LogP contribution >= 0.6 is 0 Å². The summed E-state index contributed by atoms with van der Waals surface area (Å²) in [5, 5.41) is 3.98. The number of aromatic nitrogens is 2. The molecule has 2 aromatic rings. The van der Waals surface area contributed by atoms with Crippen molar-refractivity contribution in [3.8, 4) is 0 Å². The maximum absolute atomic E-state index is 12.2. The van der Waals surface area contributed by atoms with Crippen molar-refractivity contribution in [2.75, 3.05) is 43.9 Å². The lowest BCUT2D eigenvalue weighted by Gasteiger charge is -2.26. The van der Waals surface area contributed by atoms with E-state index in [1.807, 2.05) is 24.3 Å². The van der Waals surface area contributed by atoms with Crippen LogP contribution in [-0.2, 0) is 14.8 Å². The van der Waals surface area contributed by atoms with Gasteiger partial charge in [-0.15, -0.1) is 0 Å². The molecule has 3 rings (SSSR count). The van der Waals surface area contributed by atoms with E-state index in [9.17, 15) is 8.42 Å². The predicted octanol–water partition coefficient (Wildman–Crippen LogP) is 0.704. The number of para-hydroxylation sites is 1. The normalized spacial score (nSPS) is 16.7. The minimum Gasteiger partial charge on any atom is -0.379 e. The highest BCUT2D eigenvalue weighted by atomic mass is 32.2. The van der Waals surface area contributed by atoms with Crippen molar-refractivity contribution >= 4 is 26.7 Å². The highest BCUT2D eigenvalue weighted by Gasteiger charge is 2.23. The van der Waals surface area contributed by atoms with Gasteiger partial charge in [0.25, 0.3) is 0 Å². The third kappa shape index (κ3) is 3.34. The fourth-order valence-corrected chi connectivity index (χ4v) is 3.72. The summed E-state index contributed by atoms with van der Waals surface area (Å²) >= 11 is 0. The molecule has 0 bridgehead atoms. The predicted molar refractivity (Wildman–Crippen MR) is 84.2 cm³/mol. The number of nitrogens with one attached hydrogen (secondary N) is 1. The van der Waals surface area contributed by atoms with Crippen molar-refractivity contribution in [3.63, 3.8) is 0 Å². The lowest BCUT2D eigenvalue weighted by molar-refractivity contribution is 0.0731. The van der Waals surface area contributed by atoms with Crippen molar-refractivity contribution < 1.29 is 13.2 Å². The molecule has 22 heavy (non-hydrogen) atoms. The Morgan fingerprint density at radius 1 is 1.18 bits per heavy atom. The van der Waals surface area contributed by atoms with Crippen LogP contribution in [0.25, 0.3) is 10.9 Å². The Morgan fingerprint density at radius 3 is 2.77 bits per heavy atom. The van der Waals surface area contributed by atoms with Crippen LogP contribution in [0, 0.1) is 0 Å². The molecule has 0 aliphatic carbocycles. The number of nitrogens with zero attached hydrogens (tertiary/aromatic N) is 3. The Labute approximate surface area is 129 Å². The van der Waals surface area contributed by atoms with Crippen LogP contribution in [0.15, 0.2) is 30.6 Å². The molecule has 0 saturated carbocycles. The van der Waals surface area contributed by atoms with E-state index in [4.69, 9.17) is 4.74 Å². The number of sulfonamides is 1. The first-order valence-corrected chi connectivity index (χ1v) is 8.77. The third-order valence-electron chi connectivity index (χ3n) is 3.56. The summed E-state index contributed by atoms with van der Waals surface area (Å²) in [6, 6.07) is 7.62. The summed E-state index contributed by atoms with van der Waals surface area (Å²) in [4.78, 5) is 8.37. The summed E-state index contributed by atoms with van der Waals surface area (Å²) in [5.41, 5.74) is 0.830. The monoisotopic (exact) mass is 322 g/mol. The summed E-state index contributed by atoms with van der Waals surface area (Å²) in [6.07, 6.45) is 1.47. The van der Waals surface area contributed by atoms with Crippen LogP contribution < -0.4 is 5.32 Å². The van der Waals surface area contributed by atoms with Crippen molar-refractivity contribution in [2.24, 2.45) is 0 Å². The molecule has 0 atom stereocenters. The zero-order valence-electron chi connectivity index (χ0n) is 12.1. The molecule has 0 radical (unpaired) electrons. The highest BCUT2D eigenvalue weighted by Crippen LogP contribution is 2.18. The molecule has 1 aromatic carbocycles. The minimum atomic E-state index is -3.26. The van der Waals surface area contributed by atoms with Crippen LogP contribution in [0.3, 0.4) is 0 Å². The molecular formula is C14H18N4O3S. The first-order valence-electron chi connectivity index (χ1n) is 7.16. The summed E-state index contributed by atoms with van der Waals surface area (Å²) in [5.74, 6) is 0.688. The Balaban J connectivity index is 1.64. The maximum atomic E-state index is 12.2. The van der Waals surface area contributed by atoms with Gasteiger partial charge in [0.1, 0.15) is 12.1 Å². The van der Waals surface area contributed by atoms with Crippen LogP contribution in [0.5, 0.6) is 0 Å². The number of benzene rings is 1. The van der Waals surface area contributed by atoms with Gasteiger partial charge in [0.15, 0.2) is 0 Å². The summed E-state index contributed by atoms with van der Waals surface area (Å²) < 4.78 is 31.1. The zero-order chi connectivity index (χ0) is 15.4. The minimum absolute atomic E-state index is 0.0331. The number of morpholine rings is 1. The molecule has 1 fully saturated rings. The van der Waals surface area contributed by atoms with Crippen LogP contribution in [0.4, 0.5) is 5.82 Å². The van der Waals surface area contributed by atoms with Crippen molar-refractivity contribution in [1.29, 1.82) is 0 Å². The summed E-state index contributed by atoms with van der Waals surface area (Å²) in [7, 11) is -3.26. The molecule has 1 saturated heterocycles. The highest BCUT2D eigenvalue weighted by molar-refractivity contribution is 7.89. The van der Waals surface area contributed by atoms with E-state index in [1.54, 1.807) is 0 Å². The molecule has 0 unspecified atom stereocenters. The van der Waals surface area contributed by atoms with Gasteiger partial charge in [-0.3, -0.25) is 0 Å². The van der Waals surface area contributed by atoms with Crippen molar-refractivity contribution in [1.82, 2.24) is 14.3 Å². The molecule has 0 amide bonds. The lowest BCUT2D eigenvalue weighted by Crippen LogP contribution is -2.42. The molecule has 0 spiro atoms. The molecule has 2 heterocycles. The van der Waals surface area contributed by atoms with E-state index in [0.29, 0.717) is 38.7 Å². The van der Waals surface area contributed by atoms with Crippen molar-refractivity contribution in [2.45, 2.75) is 0 Å². The maximum Gasteiger partial charge on any atom is 0.215 e. The van der Waals surface area contributed by atoms with Gasteiger partial charge >= 0.3 is 0 Å². The van der Waals surface area contributed by atoms with E-state index in [1.165, 1.54) is 10.6 Å². The second kappa shape index (κ2) is 6.55. The van der Waals surface area contributed by atoms with E-state index >= 15 is 0 Å². The van der Waals surface area contributed by atoms with Gasteiger partial charge in [-0.25, -0.2) is 18.4 Å². The van der Waals surface area contributed by atoms with Gasteiger partial charge < -0.3 is 10.1 Å². The lowest BCUT2D eigenvalue weighted by atomic mass is 10.2. The molecule has 7 nitrogen and oxygen atoms in total. The average Bonchev–Trinajstić information content (AvgIpc) is 2.56. The van der Waals surface area contributed by atoms with Crippen LogP contribution in [0.2, 0.25) is 0 Å². The molecule has 1 aliphatic heterocycles. The topological polar surface area (TPSA) is 84.4 Å². The first kappa shape index (κ1) is 15.1. The van der Waals surface area contributed by atoms with Gasteiger partial charge in [0, 0.05) is 25.0 Å². The second-order valence-electron chi connectivity index (χ2n) is 4.99. The number of anilines is 1. The Kier molecular flexibility index (Phi) is 4.51. The van der Waals surface area contributed by atoms with Gasteiger partial charge in [-0.05, 0) is 12.1 Å². The standard InChI is InChI=1S/C14H18N4O3S/c19-22(20,18-6-8-21-9-7-18)10-5-15-14-12-3-1-2-4-13(12)16-11-17-14/h1-4,11H,5-10H2,(H,15,16,17). The molecule has 1 aromatic heterocycles. The molecule has 8 heteroatoms. The molecular weight excluding hydrogens is 304 g/mol. The van der Waals surface area contributed by atoms with Gasteiger partial charge in [-0.1, -0.05) is 12.1 Å². The van der Waals surface area contributed by atoms with E-state index < -0.39 is 10.0 Å². The van der Waals surface area contributed by atoms with E-state index in [0.717, 1.165) is 10.9 Å². The van der Waals surface area contributed by atoms with Crippen molar-refractivity contribution in [3.05, 3.63) is 30.6 Å². The van der Waals surface area contributed by atoms with Crippen LogP contribution in [0.1, 0.15) is 0 Å². The number of ether oxygens (including phenoxy) is 1. The molecule has 1 N–H and O–H groups in total. The third-order valence-corrected chi connectivity index (χ3v) is 5.43. The first-order chi connectivity index (χ1) is 10.7. The van der Waals surface area contributed by atoms with E-state index in [-0.39, 0.29) is 5.75 Å². The zero-order valence-corrected chi connectivity index (χ0v) is 12.9. The number of hydrogen-bond acceptors (Lipinski definition) is 6. The van der Waals surface area contributed by atoms with Gasteiger partial charge in [0.2, 0.25) is 10.0 Å². The SMILES string of the molecule is O=S(=O)(CCNc1ncnc2ccccc12)N1CCOCC1. The second-order valence-corrected chi connectivity index (χ2v) is 7.08. The number of rotatable bonds is 5.